The molecule has 0 aliphatic rings. The highest BCUT2D eigenvalue weighted by Gasteiger charge is 2.26. The molecular formula is C25H28N2O3. The Labute approximate surface area is 176 Å². The molecule has 4 aromatic rings. The molecule has 5 heteroatoms. The average molecular weight is 405 g/mol. The van der Waals surface area contributed by atoms with E-state index in [1.165, 1.54) is 0 Å². The monoisotopic (exact) mass is 404 g/mol. The minimum Gasteiger partial charge on any atom is -0.443 e. The van der Waals surface area contributed by atoms with Crippen molar-refractivity contribution in [3.8, 4) is 11.3 Å². The van der Waals surface area contributed by atoms with Crippen molar-refractivity contribution in [2.24, 2.45) is 7.05 Å². The molecule has 0 amide bonds. The Hall–Kier alpha value is -3.05. The minimum absolute atomic E-state index is 0.0307. The van der Waals surface area contributed by atoms with Crippen molar-refractivity contribution in [1.82, 2.24) is 9.13 Å². The lowest BCUT2D eigenvalue weighted by molar-refractivity contribution is 0.0547. The van der Waals surface area contributed by atoms with Gasteiger partial charge in [0.2, 0.25) is 0 Å². The Bertz CT molecular complexity index is 1260. The van der Waals surface area contributed by atoms with Gasteiger partial charge in [0.25, 0.3) is 0 Å². The lowest BCUT2D eigenvalue weighted by Crippen LogP contribution is -2.27. The summed E-state index contributed by atoms with van der Waals surface area (Å²) in [5.41, 5.74) is 5.13. The van der Waals surface area contributed by atoms with Gasteiger partial charge in [-0.2, -0.15) is 0 Å². The Kier molecular flexibility index (Phi) is 4.94. The fourth-order valence-corrected chi connectivity index (χ4v) is 4.15. The van der Waals surface area contributed by atoms with Gasteiger partial charge in [0.15, 0.2) is 0 Å². The highest BCUT2D eigenvalue weighted by molar-refractivity contribution is 6.04. The van der Waals surface area contributed by atoms with Crippen molar-refractivity contribution in [2.75, 3.05) is 6.61 Å². The number of ether oxygens (including phenoxy) is 1. The topological polar surface area (TPSA) is 56.4 Å². The van der Waals surface area contributed by atoms with Gasteiger partial charge in [0.05, 0.1) is 11.2 Å². The van der Waals surface area contributed by atoms with Crippen molar-refractivity contribution in [3.63, 3.8) is 0 Å². The summed E-state index contributed by atoms with van der Waals surface area (Å²) in [6.07, 6.45) is 0.0919. The van der Waals surface area contributed by atoms with Crippen LogP contribution in [0.3, 0.4) is 0 Å². The number of carbonyl (C=O) groups excluding carboxylic acids is 1. The van der Waals surface area contributed by atoms with Gasteiger partial charge in [-0.3, -0.25) is 0 Å². The van der Waals surface area contributed by atoms with Crippen LogP contribution in [0, 0.1) is 6.92 Å². The first-order valence-electron chi connectivity index (χ1n) is 10.2. The van der Waals surface area contributed by atoms with E-state index >= 15 is 0 Å². The largest absolute Gasteiger partial charge is 0.443 e. The normalized spacial score (nSPS) is 12.1. The van der Waals surface area contributed by atoms with Crippen LogP contribution >= 0.6 is 0 Å². The number of hydrogen-bond donors (Lipinski definition) is 1. The summed E-state index contributed by atoms with van der Waals surface area (Å²) in [5, 5.41) is 11.8. The van der Waals surface area contributed by atoms with Crippen LogP contribution in [0.1, 0.15) is 32.0 Å². The predicted octanol–water partition coefficient (Wildman–Crippen LogP) is 5.43. The minimum atomic E-state index is -0.609. The quantitative estimate of drug-likeness (QED) is 0.496. The van der Waals surface area contributed by atoms with E-state index in [1.54, 1.807) is 4.57 Å². The maximum absolute atomic E-state index is 13.3. The zero-order valence-corrected chi connectivity index (χ0v) is 18.2. The maximum atomic E-state index is 13.3. The fraction of sp³-hybridized carbons (Fsp3) is 0.320. The first-order chi connectivity index (χ1) is 14.2. The second-order valence-electron chi connectivity index (χ2n) is 8.78. The number of aliphatic hydroxyl groups excluding tert-OH is 1. The van der Waals surface area contributed by atoms with E-state index < -0.39 is 11.7 Å². The molecule has 0 atom stereocenters. The highest BCUT2D eigenvalue weighted by Crippen LogP contribution is 2.38. The van der Waals surface area contributed by atoms with Crippen molar-refractivity contribution in [3.05, 3.63) is 59.8 Å². The summed E-state index contributed by atoms with van der Waals surface area (Å²) in [6.45, 7) is 7.68. The van der Waals surface area contributed by atoms with Gasteiger partial charge in [-0.15, -0.1) is 0 Å². The molecule has 5 nitrogen and oxygen atoms in total. The Morgan fingerprint density at radius 2 is 1.80 bits per heavy atom. The van der Waals surface area contributed by atoms with Gasteiger partial charge in [-0.05, 0) is 52.0 Å². The van der Waals surface area contributed by atoms with Crippen LogP contribution in [0.5, 0.6) is 0 Å². The van der Waals surface area contributed by atoms with E-state index in [9.17, 15) is 9.90 Å². The van der Waals surface area contributed by atoms with Crippen LogP contribution in [0.15, 0.2) is 48.5 Å². The third-order valence-corrected chi connectivity index (χ3v) is 5.37. The predicted molar refractivity (Wildman–Crippen MR) is 121 cm³/mol. The molecule has 0 radical (unpaired) electrons. The molecule has 30 heavy (non-hydrogen) atoms. The molecule has 2 aromatic heterocycles. The van der Waals surface area contributed by atoms with Crippen molar-refractivity contribution in [1.29, 1.82) is 0 Å². The standard InChI is InChI=1S/C25H28N2O3/c1-16-10-11-19-17(14-16)15-22(27(19)24(29)30-25(2,3)4)23-18-8-6-7-9-20(18)26(5)21(23)12-13-28/h6-11,14-15,28H,12-13H2,1-5H3. The smallest absolute Gasteiger partial charge is 0.419 e. The van der Waals surface area contributed by atoms with E-state index in [4.69, 9.17) is 4.74 Å². The van der Waals surface area contributed by atoms with Gasteiger partial charge >= 0.3 is 6.09 Å². The zero-order chi connectivity index (χ0) is 21.6. The molecule has 0 bridgehead atoms. The van der Waals surface area contributed by atoms with Crippen LogP contribution in [0.2, 0.25) is 0 Å². The lowest BCUT2D eigenvalue weighted by Gasteiger charge is -2.21. The average Bonchev–Trinajstić information content (AvgIpc) is 3.16. The summed E-state index contributed by atoms with van der Waals surface area (Å²) in [5.74, 6) is 0. The molecule has 2 aromatic carbocycles. The van der Waals surface area contributed by atoms with Gasteiger partial charge in [-0.1, -0.05) is 29.8 Å². The number of para-hydroxylation sites is 1. The molecule has 156 valence electrons. The molecule has 1 N–H and O–H groups in total. The molecule has 0 spiro atoms. The van der Waals surface area contributed by atoms with Crippen LogP contribution in [-0.4, -0.2) is 32.5 Å². The van der Waals surface area contributed by atoms with E-state index in [1.807, 2.05) is 59.0 Å². The summed E-state index contributed by atoms with van der Waals surface area (Å²) in [6, 6.07) is 16.2. The summed E-state index contributed by atoms with van der Waals surface area (Å²) in [7, 11) is 2.00. The second-order valence-corrected chi connectivity index (χ2v) is 8.78. The van der Waals surface area contributed by atoms with Crippen LogP contribution in [-0.2, 0) is 18.2 Å². The number of benzene rings is 2. The number of rotatable bonds is 3. The van der Waals surface area contributed by atoms with Crippen molar-refractivity contribution >= 4 is 27.9 Å². The summed E-state index contributed by atoms with van der Waals surface area (Å²) in [4.78, 5) is 13.3. The molecule has 0 unspecified atom stereocenters. The molecule has 0 saturated heterocycles. The van der Waals surface area contributed by atoms with Crippen LogP contribution < -0.4 is 0 Å². The molecule has 2 heterocycles. The van der Waals surface area contributed by atoms with Gasteiger partial charge in [0, 0.05) is 47.6 Å². The third kappa shape index (κ3) is 3.39. The maximum Gasteiger partial charge on any atom is 0.419 e. The van der Waals surface area contributed by atoms with Gasteiger partial charge in [-0.25, -0.2) is 9.36 Å². The SMILES string of the molecule is Cc1ccc2c(c1)cc(-c1c(CCO)n(C)c3ccccc13)n2C(=O)OC(C)(C)C. The Balaban J connectivity index is 2.08. The van der Waals surface area contributed by atoms with Crippen LogP contribution in [0.25, 0.3) is 33.1 Å². The molecule has 0 fully saturated rings. The zero-order valence-electron chi connectivity index (χ0n) is 18.2. The van der Waals surface area contributed by atoms with Crippen molar-refractivity contribution in [2.45, 2.75) is 39.7 Å². The van der Waals surface area contributed by atoms with Crippen LogP contribution in [0.4, 0.5) is 4.79 Å². The number of fused-ring (bicyclic) bond motifs is 2. The fourth-order valence-electron chi connectivity index (χ4n) is 4.15. The molecular weight excluding hydrogens is 376 g/mol. The Morgan fingerprint density at radius 3 is 2.50 bits per heavy atom. The van der Waals surface area contributed by atoms with E-state index in [-0.39, 0.29) is 6.61 Å². The molecule has 0 aliphatic carbocycles. The highest BCUT2D eigenvalue weighted by atomic mass is 16.6. The lowest BCUT2D eigenvalue weighted by atomic mass is 10.1. The summed E-state index contributed by atoms with van der Waals surface area (Å²) < 4.78 is 9.54. The Morgan fingerprint density at radius 1 is 1.07 bits per heavy atom. The van der Waals surface area contributed by atoms with Crippen molar-refractivity contribution < 1.29 is 14.6 Å². The van der Waals surface area contributed by atoms with E-state index in [0.717, 1.165) is 44.3 Å². The number of aryl methyl sites for hydroxylation is 2. The second kappa shape index (κ2) is 7.33. The van der Waals surface area contributed by atoms with Gasteiger partial charge < -0.3 is 14.4 Å². The third-order valence-electron chi connectivity index (χ3n) is 5.37. The molecule has 4 rings (SSSR count). The summed E-state index contributed by atoms with van der Waals surface area (Å²) >= 11 is 0. The number of nitrogens with zero attached hydrogens (tertiary/aromatic N) is 2. The molecule has 0 aliphatic heterocycles. The first kappa shape index (κ1) is 20.2. The number of hydrogen-bond acceptors (Lipinski definition) is 3. The first-order valence-corrected chi connectivity index (χ1v) is 10.2. The number of aliphatic hydroxyl groups is 1. The van der Waals surface area contributed by atoms with E-state index in [2.05, 4.69) is 28.8 Å². The van der Waals surface area contributed by atoms with E-state index in [0.29, 0.717) is 6.42 Å². The van der Waals surface area contributed by atoms with Gasteiger partial charge in [0.1, 0.15) is 5.60 Å². The molecule has 0 saturated carbocycles. The number of carbonyl (C=O) groups is 1. The number of aromatic nitrogens is 2.